The molecule has 1 heterocycles. The first-order valence-electron chi connectivity index (χ1n) is 14.8. The Morgan fingerprint density at radius 2 is 1.74 bits per heavy atom. The van der Waals surface area contributed by atoms with E-state index in [4.69, 9.17) is 4.74 Å². The minimum Gasteiger partial charge on any atom is -0.467 e. The molecule has 2 unspecified atom stereocenters. The van der Waals surface area contributed by atoms with Crippen LogP contribution in [0, 0.1) is 11.8 Å². The number of rotatable bonds is 12. The lowest BCUT2D eigenvalue weighted by atomic mass is 9.74. The van der Waals surface area contributed by atoms with Gasteiger partial charge in [0.2, 0.25) is 18.2 Å². The third-order valence-corrected chi connectivity index (χ3v) is 7.91. The number of esters is 1. The largest absolute Gasteiger partial charge is 0.467 e. The number of benzene rings is 1. The number of carbonyl (C=O) groups is 4. The Bertz CT molecular complexity index is 1170. The summed E-state index contributed by atoms with van der Waals surface area (Å²) in [6, 6.07) is 4.36. The van der Waals surface area contributed by atoms with E-state index in [0.29, 0.717) is 12.1 Å². The molecular formula is C31H45F2N3O7. The first kappa shape index (κ1) is 34.2. The standard InChI is InChI=1S/C31H45F2N3O7/c1-18(2)14-22(26(38)34-21(15-24(32)33)25(37)27(39)42-6)35-28(40)31(16-19-10-9-11-19)17-20-12-7-8-13-23(20)36(31)29(41)43-30(3,4)5/h7-8,12-13,18-19,21-22,24-25,37H,9-11,14-17H2,1-6H3,(H,34,38)(H,35,40)/t21-,22-,25?,31?/m0/s1. The number of fused-ring (bicyclic) bond motifs is 1. The lowest BCUT2D eigenvalue weighted by molar-refractivity contribution is -0.153. The van der Waals surface area contributed by atoms with Crippen molar-refractivity contribution in [3.05, 3.63) is 29.8 Å². The fourth-order valence-electron chi connectivity index (χ4n) is 5.72. The molecule has 1 aliphatic carbocycles. The number of aliphatic hydroxyl groups excluding tert-OH is 1. The topological polar surface area (TPSA) is 134 Å². The summed E-state index contributed by atoms with van der Waals surface area (Å²) in [6.45, 7) is 8.87. The van der Waals surface area contributed by atoms with Crippen molar-refractivity contribution in [2.24, 2.45) is 11.8 Å². The molecule has 1 aliphatic heterocycles. The highest BCUT2D eigenvalue weighted by molar-refractivity contribution is 6.05. The fourth-order valence-corrected chi connectivity index (χ4v) is 5.72. The molecule has 43 heavy (non-hydrogen) atoms. The van der Waals surface area contributed by atoms with Crippen molar-refractivity contribution in [2.75, 3.05) is 12.0 Å². The molecule has 1 fully saturated rings. The van der Waals surface area contributed by atoms with Gasteiger partial charge >= 0.3 is 12.1 Å². The summed E-state index contributed by atoms with van der Waals surface area (Å²) in [6.07, 6.45) is -3.18. The first-order valence-corrected chi connectivity index (χ1v) is 14.8. The molecule has 1 saturated carbocycles. The number of carbonyl (C=O) groups excluding carboxylic acids is 4. The monoisotopic (exact) mass is 609 g/mol. The Morgan fingerprint density at radius 1 is 1.09 bits per heavy atom. The van der Waals surface area contributed by atoms with E-state index in [0.717, 1.165) is 31.9 Å². The molecule has 12 heteroatoms. The van der Waals surface area contributed by atoms with Crippen LogP contribution < -0.4 is 15.5 Å². The van der Waals surface area contributed by atoms with Crippen molar-refractivity contribution in [1.82, 2.24) is 10.6 Å². The highest BCUT2D eigenvalue weighted by atomic mass is 19.3. The highest BCUT2D eigenvalue weighted by Crippen LogP contribution is 2.46. The van der Waals surface area contributed by atoms with Crippen molar-refractivity contribution in [3.63, 3.8) is 0 Å². The number of nitrogens with one attached hydrogen (secondary N) is 2. The number of aliphatic hydroxyl groups is 1. The van der Waals surface area contributed by atoms with Crippen molar-refractivity contribution < 1.29 is 42.5 Å². The predicted octanol–water partition coefficient (Wildman–Crippen LogP) is 4.12. The van der Waals surface area contributed by atoms with Gasteiger partial charge in [0.05, 0.1) is 18.8 Å². The predicted molar refractivity (Wildman–Crippen MR) is 156 cm³/mol. The second kappa shape index (κ2) is 14.0. The summed E-state index contributed by atoms with van der Waals surface area (Å²) in [5.74, 6) is -2.52. The number of anilines is 1. The van der Waals surface area contributed by atoms with Gasteiger partial charge in [-0.1, -0.05) is 51.3 Å². The summed E-state index contributed by atoms with van der Waals surface area (Å²) in [5, 5.41) is 15.4. The molecule has 3 N–H and O–H groups in total. The summed E-state index contributed by atoms with van der Waals surface area (Å²) < 4.78 is 36.9. The van der Waals surface area contributed by atoms with Crippen LogP contribution in [0.25, 0.3) is 0 Å². The molecule has 0 saturated heterocycles. The van der Waals surface area contributed by atoms with Crippen molar-refractivity contribution in [2.45, 2.75) is 115 Å². The van der Waals surface area contributed by atoms with E-state index >= 15 is 0 Å². The molecule has 1 aromatic rings. The van der Waals surface area contributed by atoms with Crippen LogP contribution in [-0.4, -0.2) is 71.8 Å². The zero-order valence-corrected chi connectivity index (χ0v) is 25.8. The highest BCUT2D eigenvalue weighted by Gasteiger charge is 2.55. The van der Waals surface area contributed by atoms with Gasteiger partial charge in [0.15, 0.2) is 6.10 Å². The molecule has 1 aromatic carbocycles. The van der Waals surface area contributed by atoms with Crippen molar-refractivity contribution in [1.29, 1.82) is 0 Å². The van der Waals surface area contributed by atoms with Crippen LogP contribution in [0.15, 0.2) is 24.3 Å². The van der Waals surface area contributed by atoms with Gasteiger partial charge < -0.3 is 25.2 Å². The van der Waals surface area contributed by atoms with Crippen molar-refractivity contribution in [3.8, 4) is 0 Å². The Morgan fingerprint density at radius 3 is 2.28 bits per heavy atom. The van der Waals surface area contributed by atoms with Crippen LogP contribution in [0.5, 0.6) is 0 Å². The lowest BCUT2D eigenvalue weighted by Crippen LogP contribution is -2.64. The van der Waals surface area contributed by atoms with E-state index in [9.17, 15) is 33.1 Å². The fraction of sp³-hybridized carbons (Fsp3) is 0.677. The Labute approximate surface area is 251 Å². The third kappa shape index (κ3) is 8.43. The number of ether oxygens (including phenoxy) is 2. The summed E-state index contributed by atoms with van der Waals surface area (Å²) in [4.78, 5) is 55.0. The molecule has 2 aliphatic rings. The molecule has 10 nitrogen and oxygen atoms in total. The maximum Gasteiger partial charge on any atom is 0.415 e. The van der Waals surface area contributed by atoms with Gasteiger partial charge in [0.1, 0.15) is 17.2 Å². The van der Waals surface area contributed by atoms with Crippen LogP contribution in [-0.2, 0) is 30.3 Å². The Kier molecular flexibility index (Phi) is 11.1. The minimum absolute atomic E-state index is 0.111. The molecule has 240 valence electrons. The normalized spacial score (nSPS) is 20.6. The number of methoxy groups -OCH3 is 1. The molecule has 4 atom stereocenters. The molecule has 0 bridgehead atoms. The lowest BCUT2D eigenvalue weighted by Gasteiger charge is -2.42. The van der Waals surface area contributed by atoms with Gasteiger partial charge in [-0.05, 0) is 57.1 Å². The van der Waals surface area contributed by atoms with Crippen LogP contribution in [0.1, 0.15) is 78.7 Å². The van der Waals surface area contributed by atoms with Crippen LogP contribution in [0.4, 0.5) is 19.3 Å². The number of para-hydroxylation sites is 1. The van der Waals surface area contributed by atoms with E-state index in [2.05, 4.69) is 15.4 Å². The average Bonchev–Trinajstić information content (AvgIpc) is 3.23. The second-order valence-electron chi connectivity index (χ2n) is 13.0. The number of amides is 3. The smallest absolute Gasteiger partial charge is 0.415 e. The Hall–Kier alpha value is -3.28. The minimum atomic E-state index is -2.94. The zero-order chi connectivity index (χ0) is 32.1. The SMILES string of the molecule is COC(=O)C(O)[C@H](CC(F)F)NC(=O)[C@H](CC(C)C)NC(=O)C1(CC2CCC2)Cc2ccccc2N1C(=O)OC(C)(C)C. The molecule has 0 spiro atoms. The second-order valence-corrected chi connectivity index (χ2v) is 13.0. The molecule has 3 amide bonds. The quantitative estimate of drug-likeness (QED) is 0.304. The van der Waals surface area contributed by atoms with Crippen LogP contribution in [0.2, 0.25) is 0 Å². The maximum atomic E-state index is 14.5. The van der Waals surface area contributed by atoms with Gasteiger partial charge in [0.25, 0.3) is 0 Å². The number of halogens is 2. The molecule has 0 radical (unpaired) electrons. The molecular weight excluding hydrogens is 564 g/mol. The van der Waals surface area contributed by atoms with Crippen LogP contribution >= 0.6 is 0 Å². The maximum absolute atomic E-state index is 14.5. The van der Waals surface area contributed by atoms with E-state index in [1.807, 2.05) is 26.0 Å². The van der Waals surface area contributed by atoms with Gasteiger partial charge in [-0.15, -0.1) is 0 Å². The Balaban J connectivity index is 1.99. The van der Waals surface area contributed by atoms with Crippen LogP contribution in [0.3, 0.4) is 0 Å². The van der Waals surface area contributed by atoms with E-state index in [1.165, 1.54) is 4.90 Å². The number of nitrogens with zero attached hydrogens (tertiary/aromatic N) is 1. The van der Waals surface area contributed by atoms with E-state index in [1.54, 1.807) is 32.9 Å². The zero-order valence-electron chi connectivity index (χ0n) is 25.8. The first-order chi connectivity index (χ1) is 20.1. The van der Waals surface area contributed by atoms with Crippen molar-refractivity contribution >= 4 is 29.6 Å². The van der Waals surface area contributed by atoms with E-state index in [-0.39, 0.29) is 24.7 Å². The van der Waals surface area contributed by atoms with Gasteiger partial charge in [-0.2, -0.15) is 0 Å². The average molecular weight is 610 g/mol. The van der Waals surface area contributed by atoms with E-state index < -0.39 is 66.1 Å². The molecule has 0 aromatic heterocycles. The number of alkyl halides is 2. The summed E-state index contributed by atoms with van der Waals surface area (Å²) >= 11 is 0. The number of hydrogen-bond acceptors (Lipinski definition) is 7. The van der Waals surface area contributed by atoms with Gasteiger partial charge in [-0.3, -0.25) is 14.5 Å². The number of hydrogen-bond donors (Lipinski definition) is 3. The third-order valence-electron chi connectivity index (χ3n) is 7.91. The summed E-state index contributed by atoms with van der Waals surface area (Å²) in [5.41, 5.74) is -0.908. The van der Waals surface area contributed by atoms with Gasteiger partial charge in [-0.25, -0.2) is 18.4 Å². The van der Waals surface area contributed by atoms with Gasteiger partial charge in [0, 0.05) is 12.8 Å². The molecule has 3 rings (SSSR count). The summed E-state index contributed by atoms with van der Waals surface area (Å²) in [7, 11) is 0.992.